The molecule has 0 fully saturated rings. The van der Waals surface area contributed by atoms with E-state index < -0.39 is 29.7 Å². The molecule has 1 aromatic rings. The number of carbonyl (C=O) groups excluding carboxylic acids is 2. The summed E-state index contributed by atoms with van der Waals surface area (Å²) in [4.78, 5) is 23.3. The summed E-state index contributed by atoms with van der Waals surface area (Å²) < 4.78 is 42.2. The van der Waals surface area contributed by atoms with Crippen molar-refractivity contribution in [3.8, 4) is 0 Å². The molecule has 4 nitrogen and oxygen atoms in total. The minimum atomic E-state index is -4.54. The minimum absolute atomic E-state index is 0.109. The summed E-state index contributed by atoms with van der Waals surface area (Å²) in [6.07, 6.45) is -3.04. The Morgan fingerprint density at radius 1 is 1.43 bits per heavy atom. The molecule has 0 bridgehead atoms. The first-order valence-corrected chi connectivity index (χ1v) is 5.96. The molecule has 1 rings (SSSR count). The molecule has 1 aromatic carbocycles. The smallest absolute Gasteiger partial charge is 0.416 e. The van der Waals surface area contributed by atoms with Gasteiger partial charge in [-0.25, -0.2) is 4.79 Å². The molecule has 0 aliphatic carbocycles. The van der Waals surface area contributed by atoms with Gasteiger partial charge in [0.2, 0.25) is 0 Å². The first-order chi connectivity index (χ1) is 9.79. The number of rotatable bonds is 5. The Labute approximate surface area is 119 Å². The third-order valence-corrected chi connectivity index (χ3v) is 2.65. The predicted molar refractivity (Wildman–Crippen MR) is 69.5 cm³/mol. The van der Waals surface area contributed by atoms with E-state index in [0.29, 0.717) is 0 Å². The second-order valence-corrected chi connectivity index (χ2v) is 4.15. The molecule has 0 unspecified atom stereocenters. The molecule has 21 heavy (non-hydrogen) atoms. The number of amides is 1. The van der Waals surface area contributed by atoms with Gasteiger partial charge in [-0.3, -0.25) is 4.79 Å². The Morgan fingerprint density at radius 3 is 2.62 bits per heavy atom. The van der Waals surface area contributed by atoms with E-state index in [-0.39, 0.29) is 12.0 Å². The van der Waals surface area contributed by atoms with Gasteiger partial charge >= 0.3 is 12.1 Å². The standard InChI is InChI=1S/C14H14F3NO3/c1-3-5-11(13(20)21-2)18-12(19)9-6-4-7-10(8-9)14(15,16)17/h3-4,6-8,11H,1,5H2,2H3,(H,18,19)/t11-/m1/s1. The fourth-order valence-corrected chi connectivity index (χ4v) is 1.60. The van der Waals surface area contributed by atoms with Crippen LogP contribution in [-0.4, -0.2) is 25.0 Å². The Kier molecular flexibility index (Phi) is 5.52. The number of hydrogen-bond donors (Lipinski definition) is 1. The second kappa shape index (κ2) is 6.92. The van der Waals surface area contributed by atoms with Crippen molar-refractivity contribution in [2.24, 2.45) is 0 Å². The van der Waals surface area contributed by atoms with E-state index in [1.54, 1.807) is 0 Å². The van der Waals surface area contributed by atoms with Gasteiger partial charge in [0.15, 0.2) is 0 Å². The van der Waals surface area contributed by atoms with E-state index in [4.69, 9.17) is 0 Å². The maximum Gasteiger partial charge on any atom is 0.416 e. The number of benzene rings is 1. The van der Waals surface area contributed by atoms with Gasteiger partial charge in [-0.2, -0.15) is 13.2 Å². The summed E-state index contributed by atoms with van der Waals surface area (Å²) in [6, 6.07) is 2.94. The lowest BCUT2D eigenvalue weighted by atomic mass is 10.1. The first kappa shape index (κ1) is 16.7. The lowest BCUT2D eigenvalue weighted by Gasteiger charge is -2.15. The summed E-state index contributed by atoms with van der Waals surface area (Å²) in [7, 11) is 1.15. The summed E-state index contributed by atoms with van der Waals surface area (Å²) in [5.41, 5.74) is -1.13. The largest absolute Gasteiger partial charge is 0.467 e. The van der Waals surface area contributed by atoms with Crippen LogP contribution < -0.4 is 5.32 Å². The van der Waals surface area contributed by atoms with Crippen molar-refractivity contribution >= 4 is 11.9 Å². The van der Waals surface area contributed by atoms with Gasteiger partial charge in [-0.15, -0.1) is 6.58 Å². The van der Waals surface area contributed by atoms with Crippen molar-refractivity contribution < 1.29 is 27.5 Å². The molecule has 0 saturated heterocycles. The number of halogens is 3. The van der Waals surface area contributed by atoms with Crippen LogP contribution in [0.25, 0.3) is 0 Å². The molecule has 1 amide bonds. The average Bonchev–Trinajstić information content (AvgIpc) is 2.45. The summed E-state index contributed by atoms with van der Waals surface area (Å²) in [6.45, 7) is 3.44. The number of alkyl halides is 3. The maximum atomic E-state index is 12.6. The van der Waals surface area contributed by atoms with E-state index in [1.807, 2.05) is 0 Å². The molecule has 1 N–H and O–H groups in total. The average molecular weight is 301 g/mol. The van der Waals surface area contributed by atoms with Gasteiger partial charge in [0.1, 0.15) is 6.04 Å². The molecule has 0 aliphatic rings. The quantitative estimate of drug-likeness (QED) is 0.671. The molecule has 0 spiro atoms. The van der Waals surface area contributed by atoms with Crippen LogP contribution in [0, 0.1) is 0 Å². The van der Waals surface area contributed by atoms with E-state index >= 15 is 0 Å². The van der Waals surface area contributed by atoms with Crippen LogP contribution in [0.5, 0.6) is 0 Å². The van der Waals surface area contributed by atoms with E-state index in [9.17, 15) is 22.8 Å². The van der Waals surface area contributed by atoms with Gasteiger partial charge in [0.25, 0.3) is 5.91 Å². The van der Waals surface area contributed by atoms with Crippen LogP contribution in [0.15, 0.2) is 36.9 Å². The summed E-state index contributed by atoms with van der Waals surface area (Å²) in [5, 5.41) is 2.31. The Bertz CT molecular complexity index is 541. The van der Waals surface area contributed by atoms with E-state index in [2.05, 4.69) is 16.6 Å². The highest BCUT2D eigenvalue weighted by Crippen LogP contribution is 2.29. The van der Waals surface area contributed by atoms with E-state index in [0.717, 1.165) is 25.3 Å². The molecule has 0 saturated carbocycles. The summed E-state index contributed by atoms with van der Waals surface area (Å²) in [5.74, 6) is -1.49. The highest BCUT2D eigenvalue weighted by molar-refractivity contribution is 5.97. The molecule has 0 aromatic heterocycles. The van der Waals surface area contributed by atoms with Crippen LogP contribution in [0.3, 0.4) is 0 Å². The Hall–Kier alpha value is -2.31. The zero-order chi connectivity index (χ0) is 16.0. The Balaban J connectivity index is 2.92. The molecular weight excluding hydrogens is 287 g/mol. The third kappa shape index (κ3) is 4.62. The van der Waals surface area contributed by atoms with Gasteiger partial charge in [0.05, 0.1) is 12.7 Å². The van der Waals surface area contributed by atoms with Crippen LogP contribution >= 0.6 is 0 Å². The number of methoxy groups -OCH3 is 1. The normalized spacial score (nSPS) is 12.4. The number of carbonyl (C=O) groups is 2. The van der Waals surface area contributed by atoms with Gasteiger partial charge in [0, 0.05) is 5.56 Å². The van der Waals surface area contributed by atoms with Crippen LogP contribution in [0.4, 0.5) is 13.2 Å². The van der Waals surface area contributed by atoms with Gasteiger partial charge in [-0.1, -0.05) is 12.1 Å². The third-order valence-electron chi connectivity index (χ3n) is 2.65. The minimum Gasteiger partial charge on any atom is -0.467 e. The SMILES string of the molecule is C=CC[C@@H](NC(=O)c1cccc(C(F)(F)F)c1)C(=O)OC. The monoisotopic (exact) mass is 301 g/mol. The predicted octanol–water partition coefficient (Wildman–Crippen LogP) is 2.55. The fourth-order valence-electron chi connectivity index (χ4n) is 1.60. The molecule has 0 aliphatic heterocycles. The zero-order valence-corrected chi connectivity index (χ0v) is 11.2. The molecule has 114 valence electrons. The topological polar surface area (TPSA) is 55.4 Å². The van der Waals surface area contributed by atoms with Crippen molar-refractivity contribution in [2.75, 3.05) is 7.11 Å². The molecule has 0 radical (unpaired) electrons. The highest BCUT2D eigenvalue weighted by Gasteiger charge is 2.31. The van der Waals surface area contributed by atoms with Crippen LogP contribution in [0.1, 0.15) is 22.3 Å². The number of hydrogen-bond acceptors (Lipinski definition) is 3. The van der Waals surface area contributed by atoms with Gasteiger partial charge in [-0.05, 0) is 24.6 Å². The molecule has 0 heterocycles. The molecule has 1 atom stereocenters. The first-order valence-electron chi connectivity index (χ1n) is 5.96. The lowest BCUT2D eigenvalue weighted by molar-refractivity contribution is -0.142. The maximum absolute atomic E-state index is 12.6. The van der Waals surface area contributed by atoms with Gasteiger partial charge < -0.3 is 10.1 Å². The molecule has 7 heteroatoms. The molecular formula is C14H14F3NO3. The number of esters is 1. The summed E-state index contributed by atoms with van der Waals surface area (Å²) >= 11 is 0. The fraction of sp³-hybridized carbons (Fsp3) is 0.286. The van der Waals surface area contributed by atoms with Crippen LogP contribution in [0.2, 0.25) is 0 Å². The lowest BCUT2D eigenvalue weighted by Crippen LogP contribution is -2.41. The van der Waals surface area contributed by atoms with E-state index in [1.165, 1.54) is 12.1 Å². The zero-order valence-electron chi connectivity index (χ0n) is 11.2. The Morgan fingerprint density at radius 2 is 2.10 bits per heavy atom. The van der Waals surface area contributed by atoms with Crippen molar-refractivity contribution in [3.63, 3.8) is 0 Å². The van der Waals surface area contributed by atoms with Crippen molar-refractivity contribution in [3.05, 3.63) is 48.0 Å². The second-order valence-electron chi connectivity index (χ2n) is 4.15. The van der Waals surface area contributed by atoms with Crippen LogP contribution in [-0.2, 0) is 15.7 Å². The van der Waals surface area contributed by atoms with Crippen molar-refractivity contribution in [1.29, 1.82) is 0 Å². The van der Waals surface area contributed by atoms with Crippen molar-refractivity contribution in [1.82, 2.24) is 5.32 Å². The van der Waals surface area contributed by atoms with Crippen molar-refractivity contribution in [2.45, 2.75) is 18.6 Å². The number of ether oxygens (including phenoxy) is 1. The number of nitrogens with one attached hydrogen (secondary N) is 1. The highest BCUT2D eigenvalue weighted by atomic mass is 19.4.